The predicted octanol–water partition coefficient (Wildman–Crippen LogP) is 2.86. The molecule has 98 valence electrons. The highest BCUT2D eigenvalue weighted by molar-refractivity contribution is 8.38. The molecule has 0 N–H and O–H groups in total. The molecule has 1 saturated heterocycles. The van der Waals surface area contributed by atoms with Crippen molar-refractivity contribution in [1.29, 1.82) is 0 Å². The lowest BCUT2D eigenvalue weighted by molar-refractivity contribution is -0.234. The molecule has 0 spiro atoms. The summed E-state index contributed by atoms with van der Waals surface area (Å²) in [5, 5.41) is 0. The fraction of sp³-hybridized carbons (Fsp3) is 1.00. The summed E-state index contributed by atoms with van der Waals surface area (Å²) in [4.78, 5) is 0. The van der Waals surface area contributed by atoms with E-state index in [1.807, 2.05) is 0 Å². The Bertz CT molecular complexity index is 359. The van der Waals surface area contributed by atoms with Crippen molar-refractivity contribution >= 4 is 17.1 Å². The zero-order valence-electron chi connectivity index (χ0n) is 11.9. The van der Waals surface area contributed by atoms with E-state index in [-0.39, 0.29) is 28.3 Å². The van der Waals surface area contributed by atoms with E-state index in [2.05, 4.69) is 40.2 Å². The van der Waals surface area contributed by atoms with Crippen LogP contribution in [0.5, 0.6) is 0 Å². The van der Waals surface area contributed by atoms with E-state index in [1.54, 1.807) is 0 Å². The van der Waals surface area contributed by atoms with Crippen molar-refractivity contribution in [1.82, 2.24) is 0 Å². The van der Waals surface area contributed by atoms with Gasteiger partial charge in [-0.1, -0.05) is 13.8 Å². The van der Waals surface area contributed by atoms with Crippen LogP contribution in [-0.2, 0) is 9.31 Å². The highest BCUT2D eigenvalue weighted by Gasteiger charge is 2.72. The lowest BCUT2D eigenvalue weighted by atomic mass is 9.41. The average molecular weight is 256 g/mol. The summed E-state index contributed by atoms with van der Waals surface area (Å²) in [5.74, 6) is 1.49. The smallest absolute Gasteiger partial charge is 0.395 e. The molecule has 4 atom stereocenters. The summed E-state index contributed by atoms with van der Waals surface area (Å²) in [6.07, 6.45) is 7.06. The van der Waals surface area contributed by atoms with Crippen molar-refractivity contribution < 1.29 is 9.31 Å². The Balaban J connectivity index is 1.95. The SMILES string of the molecule is C[SH](C)B1O[C@]2(C)C[C@@H]3C[C@@H](C3(C)C)[C@]2(C)O1. The van der Waals surface area contributed by atoms with E-state index < -0.39 is 0 Å². The zero-order valence-corrected chi connectivity index (χ0v) is 12.8. The third-order valence-corrected chi connectivity index (χ3v) is 7.00. The van der Waals surface area contributed by atoms with Gasteiger partial charge in [-0.2, -0.15) is 0 Å². The molecule has 4 heteroatoms. The van der Waals surface area contributed by atoms with E-state index in [9.17, 15) is 0 Å². The Morgan fingerprint density at radius 2 is 1.76 bits per heavy atom. The molecule has 0 amide bonds. The summed E-state index contributed by atoms with van der Waals surface area (Å²) in [5.41, 5.74) is 0.326. The van der Waals surface area contributed by atoms with Gasteiger partial charge in [0.05, 0.1) is 11.2 Å². The van der Waals surface area contributed by atoms with Crippen LogP contribution in [0, 0.1) is 17.3 Å². The quantitative estimate of drug-likeness (QED) is 0.574. The first-order chi connectivity index (χ1) is 7.71. The van der Waals surface area contributed by atoms with Crippen molar-refractivity contribution in [3.8, 4) is 0 Å². The van der Waals surface area contributed by atoms with E-state index >= 15 is 0 Å². The fourth-order valence-electron chi connectivity index (χ4n) is 4.38. The van der Waals surface area contributed by atoms with Gasteiger partial charge in [0.1, 0.15) is 0 Å². The maximum atomic E-state index is 6.41. The molecule has 0 aromatic heterocycles. The Morgan fingerprint density at radius 3 is 2.29 bits per heavy atom. The third kappa shape index (κ3) is 1.32. The van der Waals surface area contributed by atoms with Crippen LogP contribution in [0.2, 0.25) is 0 Å². The summed E-state index contributed by atoms with van der Waals surface area (Å²) in [6.45, 7) is 9.40. The number of hydrogen-bond donors (Lipinski definition) is 1. The Hall–Kier alpha value is 0.335. The minimum atomic E-state index is -0.178. The molecule has 3 saturated carbocycles. The van der Waals surface area contributed by atoms with Gasteiger partial charge < -0.3 is 9.31 Å². The van der Waals surface area contributed by atoms with Crippen LogP contribution in [0.3, 0.4) is 0 Å². The van der Waals surface area contributed by atoms with Gasteiger partial charge in [-0.3, -0.25) is 0 Å². The molecule has 2 bridgehead atoms. The Morgan fingerprint density at radius 1 is 1.12 bits per heavy atom. The lowest BCUT2D eigenvalue weighted by Gasteiger charge is -2.67. The van der Waals surface area contributed by atoms with Crippen molar-refractivity contribution in [2.75, 3.05) is 12.5 Å². The van der Waals surface area contributed by atoms with E-state index in [0.29, 0.717) is 11.3 Å². The van der Waals surface area contributed by atoms with Gasteiger partial charge in [0, 0.05) is 0 Å². The van der Waals surface area contributed by atoms with Crippen LogP contribution < -0.4 is 0 Å². The van der Waals surface area contributed by atoms with Crippen molar-refractivity contribution in [2.45, 2.75) is 51.7 Å². The third-order valence-electron chi connectivity index (χ3n) is 5.95. The first kappa shape index (κ1) is 12.4. The molecule has 1 aliphatic heterocycles. The first-order valence-corrected chi connectivity index (χ1v) is 9.03. The van der Waals surface area contributed by atoms with Crippen LogP contribution in [0.1, 0.15) is 40.5 Å². The average Bonchev–Trinajstić information content (AvgIpc) is 2.49. The van der Waals surface area contributed by atoms with Crippen molar-refractivity contribution in [3.05, 3.63) is 0 Å². The molecule has 2 nitrogen and oxygen atoms in total. The maximum Gasteiger partial charge on any atom is 0.513 e. The zero-order chi connectivity index (χ0) is 12.6. The van der Waals surface area contributed by atoms with Gasteiger partial charge in [0.15, 0.2) is 0 Å². The number of hydrogen-bond acceptors (Lipinski definition) is 2. The van der Waals surface area contributed by atoms with Crippen LogP contribution in [0.4, 0.5) is 0 Å². The molecular formula is C13H25BO2S. The molecule has 0 aromatic carbocycles. The molecule has 4 aliphatic rings. The number of thiol groups is 1. The topological polar surface area (TPSA) is 18.5 Å². The second-order valence-corrected chi connectivity index (χ2v) is 9.70. The molecule has 17 heavy (non-hydrogen) atoms. The monoisotopic (exact) mass is 256 g/mol. The van der Waals surface area contributed by atoms with Gasteiger partial charge in [-0.25, -0.2) is 10.7 Å². The molecule has 0 radical (unpaired) electrons. The molecule has 0 aromatic rings. The van der Waals surface area contributed by atoms with Crippen LogP contribution in [0.25, 0.3) is 0 Å². The molecule has 3 aliphatic carbocycles. The van der Waals surface area contributed by atoms with Crippen molar-refractivity contribution in [2.24, 2.45) is 17.3 Å². The molecular weight excluding hydrogens is 231 g/mol. The Kier molecular flexibility index (Phi) is 2.37. The van der Waals surface area contributed by atoms with Gasteiger partial charge in [0.25, 0.3) is 0 Å². The van der Waals surface area contributed by atoms with Gasteiger partial charge in [-0.15, -0.1) is 0 Å². The second kappa shape index (κ2) is 3.26. The number of rotatable bonds is 1. The lowest BCUT2D eigenvalue weighted by Crippen LogP contribution is -2.70. The molecule has 4 rings (SSSR count). The largest absolute Gasteiger partial charge is 0.513 e. The molecule has 1 heterocycles. The summed E-state index contributed by atoms with van der Waals surface area (Å²) in [7, 11) is -0.178. The highest BCUT2D eigenvalue weighted by Crippen LogP contribution is 2.69. The summed E-state index contributed by atoms with van der Waals surface area (Å²) < 4.78 is 12.7. The molecule has 0 unspecified atom stereocenters. The minimum Gasteiger partial charge on any atom is -0.395 e. The van der Waals surface area contributed by atoms with Gasteiger partial charge in [-0.05, 0) is 56.5 Å². The summed E-state index contributed by atoms with van der Waals surface area (Å²) >= 11 is 0. The van der Waals surface area contributed by atoms with E-state index in [1.165, 1.54) is 12.8 Å². The predicted molar refractivity (Wildman–Crippen MR) is 75.6 cm³/mol. The van der Waals surface area contributed by atoms with E-state index in [4.69, 9.17) is 9.31 Å². The van der Waals surface area contributed by atoms with Gasteiger partial charge >= 0.3 is 6.40 Å². The van der Waals surface area contributed by atoms with Crippen LogP contribution >= 0.6 is 10.7 Å². The summed E-state index contributed by atoms with van der Waals surface area (Å²) in [6, 6.07) is 0. The normalized spacial score (nSPS) is 51.9. The minimum absolute atomic E-state index is 0.0482. The standard InChI is InChI=1S/C13H25BO2S/c1-11(2)9-7-10(11)13(4)12(3,8-9)15-14(16-13)17(5)6/h9-10,17H,7-8H2,1-6H3/t9-,10-,12+,13-/m0/s1. The van der Waals surface area contributed by atoms with Gasteiger partial charge in [0.2, 0.25) is 0 Å². The Labute approximate surface area is 108 Å². The van der Waals surface area contributed by atoms with Crippen LogP contribution in [0.15, 0.2) is 0 Å². The van der Waals surface area contributed by atoms with Crippen molar-refractivity contribution in [3.63, 3.8) is 0 Å². The fourth-order valence-corrected chi connectivity index (χ4v) is 5.25. The van der Waals surface area contributed by atoms with E-state index in [0.717, 1.165) is 5.92 Å². The van der Waals surface area contributed by atoms with Crippen LogP contribution in [-0.4, -0.2) is 30.1 Å². The maximum absolute atomic E-state index is 6.41. The molecule has 4 fully saturated rings. The highest BCUT2D eigenvalue weighted by atomic mass is 32.2. The first-order valence-electron chi connectivity index (χ1n) is 6.73. The second-order valence-electron chi connectivity index (χ2n) is 7.35.